The van der Waals surface area contributed by atoms with Crippen LogP contribution in [-0.2, 0) is 0 Å². The van der Waals surface area contributed by atoms with Gasteiger partial charge < -0.3 is 5.73 Å². The fourth-order valence-corrected chi connectivity index (χ4v) is 3.67. The summed E-state index contributed by atoms with van der Waals surface area (Å²) in [6.07, 6.45) is 6.38. The molecule has 0 spiro atoms. The van der Waals surface area contributed by atoms with Crippen molar-refractivity contribution in [1.82, 2.24) is 9.80 Å². The molecule has 0 bridgehead atoms. The molecule has 2 aliphatic heterocycles. The van der Waals surface area contributed by atoms with Crippen molar-refractivity contribution in [3.05, 3.63) is 0 Å². The Bertz CT molecular complexity index is 232. The van der Waals surface area contributed by atoms with Crippen LogP contribution in [0.2, 0.25) is 0 Å². The first-order valence-electron chi connectivity index (χ1n) is 7.50. The molecule has 2 heterocycles. The second-order valence-corrected chi connectivity index (χ2v) is 5.76. The lowest BCUT2D eigenvalue weighted by molar-refractivity contribution is 0.0590. The second-order valence-electron chi connectivity index (χ2n) is 5.76. The van der Waals surface area contributed by atoms with Gasteiger partial charge in [0.05, 0.1) is 0 Å². The molecule has 0 aromatic rings. The average molecular weight is 239 g/mol. The molecule has 2 saturated heterocycles. The summed E-state index contributed by atoms with van der Waals surface area (Å²) in [6, 6.07) is 1.81. The van der Waals surface area contributed by atoms with Crippen LogP contribution in [0.15, 0.2) is 0 Å². The molecule has 3 atom stereocenters. The van der Waals surface area contributed by atoms with Crippen LogP contribution in [0, 0.1) is 0 Å². The van der Waals surface area contributed by atoms with Crippen molar-refractivity contribution in [1.29, 1.82) is 0 Å². The van der Waals surface area contributed by atoms with Gasteiger partial charge in [-0.25, -0.2) is 0 Å². The van der Waals surface area contributed by atoms with Crippen LogP contribution in [0.1, 0.15) is 46.0 Å². The molecule has 2 N–H and O–H groups in total. The van der Waals surface area contributed by atoms with E-state index in [2.05, 4.69) is 23.6 Å². The van der Waals surface area contributed by atoms with Gasteiger partial charge in [0, 0.05) is 37.8 Å². The van der Waals surface area contributed by atoms with Crippen LogP contribution in [-0.4, -0.2) is 54.1 Å². The lowest BCUT2D eigenvalue weighted by atomic mass is 9.98. The van der Waals surface area contributed by atoms with Crippen molar-refractivity contribution in [2.24, 2.45) is 5.73 Å². The summed E-state index contributed by atoms with van der Waals surface area (Å²) in [5.74, 6) is 0. The average Bonchev–Trinajstić information content (AvgIpc) is 2.77. The first-order chi connectivity index (χ1) is 8.26. The van der Waals surface area contributed by atoms with Crippen molar-refractivity contribution < 1.29 is 0 Å². The van der Waals surface area contributed by atoms with Crippen LogP contribution in [0.5, 0.6) is 0 Å². The van der Waals surface area contributed by atoms with Gasteiger partial charge in [0.15, 0.2) is 0 Å². The third-order valence-electron chi connectivity index (χ3n) is 4.62. The van der Waals surface area contributed by atoms with E-state index in [0.717, 1.165) is 6.04 Å². The zero-order valence-corrected chi connectivity index (χ0v) is 11.6. The molecule has 17 heavy (non-hydrogen) atoms. The number of nitrogens with two attached hydrogens (primary N) is 1. The van der Waals surface area contributed by atoms with E-state index in [4.69, 9.17) is 5.73 Å². The molecule has 0 saturated carbocycles. The summed E-state index contributed by atoms with van der Waals surface area (Å²) in [4.78, 5) is 5.35. The zero-order valence-electron chi connectivity index (χ0n) is 11.6. The molecule has 100 valence electrons. The number of hydrogen-bond donors (Lipinski definition) is 1. The van der Waals surface area contributed by atoms with E-state index >= 15 is 0 Å². The SMILES string of the molecule is CCCC(N)C(CC)N1CCN2CCCC2C1. The van der Waals surface area contributed by atoms with Crippen LogP contribution < -0.4 is 5.73 Å². The van der Waals surface area contributed by atoms with Gasteiger partial charge in [-0.3, -0.25) is 9.80 Å². The van der Waals surface area contributed by atoms with Crippen LogP contribution in [0.4, 0.5) is 0 Å². The Morgan fingerprint density at radius 2 is 2.06 bits per heavy atom. The smallest absolute Gasteiger partial charge is 0.0245 e. The second kappa shape index (κ2) is 6.17. The molecule has 2 aliphatic rings. The molecule has 3 heteroatoms. The Morgan fingerprint density at radius 3 is 2.76 bits per heavy atom. The highest BCUT2D eigenvalue weighted by atomic mass is 15.3. The maximum Gasteiger partial charge on any atom is 0.0245 e. The summed E-state index contributed by atoms with van der Waals surface area (Å²) < 4.78 is 0. The Labute approximate surface area is 106 Å². The molecule has 2 rings (SSSR count). The maximum atomic E-state index is 6.35. The largest absolute Gasteiger partial charge is 0.326 e. The standard InChI is InChI=1S/C14H29N3/c1-3-6-13(15)14(4-2)17-10-9-16-8-5-7-12(16)11-17/h12-14H,3-11,15H2,1-2H3. The molecule has 0 amide bonds. The lowest BCUT2D eigenvalue weighted by Crippen LogP contribution is -2.57. The quantitative estimate of drug-likeness (QED) is 0.792. The first kappa shape index (κ1) is 13.3. The van der Waals surface area contributed by atoms with Gasteiger partial charge in [-0.1, -0.05) is 20.3 Å². The number of rotatable bonds is 5. The summed E-state index contributed by atoms with van der Waals surface area (Å²) in [6.45, 7) is 9.61. The molecule has 0 aromatic heterocycles. The number of piperazine rings is 1. The van der Waals surface area contributed by atoms with Gasteiger partial charge in [0.2, 0.25) is 0 Å². The summed E-state index contributed by atoms with van der Waals surface area (Å²) in [7, 11) is 0. The Kier molecular flexibility index (Phi) is 4.83. The van der Waals surface area contributed by atoms with Crippen molar-refractivity contribution in [2.45, 2.75) is 64.1 Å². The number of fused-ring (bicyclic) bond motifs is 1. The zero-order chi connectivity index (χ0) is 12.3. The van der Waals surface area contributed by atoms with Crippen molar-refractivity contribution in [3.8, 4) is 0 Å². The minimum absolute atomic E-state index is 0.373. The predicted octanol–water partition coefficient (Wildman–Crippen LogP) is 1.67. The minimum atomic E-state index is 0.373. The van der Waals surface area contributed by atoms with Crippen molar-refractivity contribution in [3.63, 3.8) is 0 Å². The highest BCUT2D eigenvalue weighted by Crippen LogP contribution is 2.24. The summed E-state index contributed by atoms with van der Waals surface area (Å²) in [5.41, 5.74) is 6.35. The Morgan fingerprint density at radius 1 is 1.24 bits per heavy atom. The van der Waals surface area contributed by atoms with Crippen molar-refractivity contribution >= 4 is 0 Å². The maximum absolute atomic E-state index is 6.35. The van der Waals surface area contributed by atoms with Crippen LogP contribution in [0.25, 0.3) is 0 Å². The van der Waals surface area contributed by atoms with E-state index in [1.165, 1.54) is 58.3 Å². The van der Waals surface area contributed by atoms with E-state index in [1.54, 1.807) is 0 Å². The van der Waals surface area contributed by atoms with Crippen molar-refractivity contribution in [2.75, 3.05) is 26.2 Å². The number of nitrogens with zero attached hydrogens (tertiary/aromatic N) is 2. The third kappa shape index (κ3) is 3.01. The van der Waals surface area contributed by atoms with Crippen LogP contribution >= 0.6 is 0 Å². The monoisotopic (exact) mass is 239 g/mol. The topological polar surface area (TPSA) is 32.5 Å². The Hall–Kier alpha value is -0.120. The highest BCUT2D eigenvalue weighted by Gasteiger charge is 2.34. The molecular formula is C14H29N3. The van der Waals surface area contributed by atoms with E-state index in [1.807, 2.05) is 0 Å². The van der Waals surface area contributed by atoms with E-state index < -0.39 is 0 Å². The molecular weight excluding hydrogens is 210 g/mol. The molecule has 0 aliphatic carbocycles. The normalized spacial score (nSPS) is 30.2. The number of hydrogen-bond acceptors (Lipinski definition) is 3. The third-order valence-corrected chi connectivity index (χ3v) is 4.62. The highest BCUT2D eigenvalue weighted by molar-refractivity contribution is 4.91. The fraction of sp³-hybridized carbons (Fsp3) is 1.00. The van der Waals surface area contributed by atoms with Gasteiger partial charge >= 0.3 is 0 Å². The summed E-state index contributed by atoms with van der Waals surface area (Å²) in [5, 5.41) is 0. The van der Waals surface area contributed by atoms with E-state index in [-0.39, 0.29) is 0 Å². The van der Waals surface area contributed by atoms with Gasteiger partial charge in [0.25, 0.3) is 0 Å². The molecule has 3 unspecified atom stereocenters. The molecule has 0 aromatic carbocycles. The molecule has 0 radical (unpaired) electrons. The molecule has 2 fully saturated rings. The minimum Gasteiger partial charge on any atom is -0.326 e. The molecule has 3 nitrogen and oxygen atoms in total. The first-order valence-corrected chi connectivity index (χ1v) is 7.50. The Balaban J connectivity index is 1.91. The lowest BCUT2D eigenvalue weighted by Gasteiger charge is -2.43. The van der Waals surface area contributed by atoms with Gasteiger partial charge in [-0.15, -0.1) is 0 Å². The van der Waals surface area contributed by atoms with Gasteiger partial charge in [0.1, 0.15) is 0 Å². The fourth-order valence-electron chi connectivity index (χ4n) is 3.67. The van der Waals surface area contributed by atoms with Crippen LogP contribution in [0.3, 0.4) is 0 Å². The van der Waals surface area contributed by atoms with E-state index in [0.29, 0.717) is 12.1 Å². The predicted molar refractivity (Wildman–Crippen MR) is 73.1 cm³/mol. The van der Waals surface area contributed by atoms with E-state index in [9.17, 15) is 0 Å². The summed E-state index contributed by atoms with van der Waals surface area (Å²) >= 11 is 0. The van der Waals surface area contributed by atoms with Gasteiger partial charge in [-0.2, -0.15) is 0 Å². The van der Waals surface area contributed by atoms with Gasteiger partial charge in [-0.05, 0) is 32.2 Å².